The van der Waals surface area contributed by atoms with Gasteiger partial charge in [0.15, 0.2) is 0 Å². The van der Waals surface area contributed by atoms with Gasteiger partial charge in [-0.3, -0.25) is 18.6 Å². The Hall–Kier alpha value is -4.71. The van der Waals surface area contributed by atoms with E-state index in [1.165, 1.54) is 32.5 Å². The molecule has 1 saturated carbocycles. The summed E-state index contributed by atoms with van der Waals surface area (Å²) < 4.78 is 59.2. The normalized spacial score (nSPS) is 14.2. The van der Waals surface area contributed by atoms with Gasteiger partial charge in [-0.25, -0.2) is 18.8 Å². The number of rotatable bonds is 11. The molecular formula is C36H48FN7O8S2. The Bertz CT molecular complexity index is 2310. The Balaban J connectivity index is 1.53. The number of carbonyl (C=O) groups excluding carboxylic acids is 2. The molecule has 5 rings (SSSR count). The summed E-state index contributed by atoms with van der Waals surface area (Å²) in [5, 5.41) is 4.07. The Kier molecular flexibility index (Phi) is 10.9. The molecule has 2 amide bonds. The van der Waals surface area contributed by atoms with Crippen molar-refractivity contribution in [3.8, 4) is 0 Å². The minimum Gasteiger partial charge on any atom is -0.444 e. The van der Waals surface area contributed by atoms with Crippen molar-refractivity contribution in [2.75, 3.05) is 32.1 Å². The molecule has 0 N–H and O–H groups in total. The van der Waals surface area contributed by atoms with E-state index < -0.39 is 56.0 Å². The number of hydrogen-bond acceptors (Lipinski definition) is 11. The molecule has 4 aromatic rings. The highest BCUT2D eigenvalue weighted by Gasteiger charge is 2.54. The minimum absolute atomic E-state index is 0.0443. The van der Waals surface area contributed by atoms with Crippen molar-refractivity contribution in [3.63, 3.8) is 0 Å². The number of likely N-dealkylation sites (N-methyl/N-ethyl adjacent to an activating group) is 2. The summed E-state index contributed by atoms with van der Waals surface area (Å²) in [5.74, 6) is -0.594. The average Bonchev–Trinajstić information content (AvgIpc) is 3.39. The molecule has 54 heavy (non-hydrogen) atoms. The van der Waals surface area contributed by atoms with E-state index in [0.717, 1.165) is 8.87 Å². The van der Waals surface area contributed by atoms with E-state index in [9.17, 15) is 27.6 Å². The van der Waals surface area contributed by atoms with Crippen molar-refractivity contribution in [3.05, 3.63) is 74.4 Å². The lowest BCUT2D eigenvalue weighted by molar-refractivity contribution is 0.0299. The van der Waals surface area contributed by atoms with Crippen molar-refractivity contribution < 1.29 is 31.9 Å². The molecule has 1 aromatic carbocycles. The molecule has 1 aliphatic rings. The van der Waals surface area contributed by atoms with Gasteiger partial charge < -0.3 is 19.3 Å². The number of hydrogen-bond donors (Lipinski definition) is 0. The smallest absolute Gasteiger partial charge is 0.424 e. The summed E-state index contributed by atoms with van der Waals surface area (Å²) in [6, 6.07) is 5.63. The standard InChI is InChI=1S/C36H48FN7O8S2/c1-34(2,3)51-32(47)40(9)16-15-39(8)27-12-11-23(17-26(27)37)21-43-30-25(29(45)42(31(43)46)22-24-19-38-41(10)20-24)18-28(53-30)54(49,50)44(36(7)13-14-36)33(48)52-35(4,5)6/h11-12,17-20H,13-16,21-22H2,1-10H3. The zero-order chi connectivity index (χ0) is 40.1. The van der Waals surface area contributed by atoms with Crippen LogP contribution < -0.4 is 16.1 Å². The first-order valence-electron chi connectivity index (χ1n) is 17.4. The third-order valence-electron chi connectivity index (χ3n) is 8.73. The Morgan fingerprint density at radius 3 is 2.11 bits per heavy atom. The van der Waals surface area contributed by atoms with Crippen molar-refractivity contribution in [1.82, 2.24) is 28.1 Å². The lowest BCUT2D eigenvalue weighted by Gasteiger charge is -2.30. The quantitative estimate of drug-likeness (QED) is 0.203. The number of anilines is 1. The Morgan fingerprint density at radius 1 is 0.944 bits per heavy atom. The third kappa shape index (κ3) is 8.80. The van der Waals surface area contributed by atoms with Crippen LogP contribution in [0.25, 0.3) is 10.2 Å². The topological polar surface area (TPSA) is 158 Å². The number of ether oxygens (including phenoxy) is 2. The average molecular weight is 790 g/mol. The van der Waals surface area contributed by atoms with E-state index in [1.807, 2.05) is 0 Å². The fraction of sp³-hybridized carbons (Fsp3) is 0.528. The predicted molar refractivity (Wildman–Crippen MR) is 203 cm³/mol. The Labute approximate surface area is 317 Å². The van der Waals surface area contributed by atoms with Gasteiger partial charge in [0.2, 0.25) is 0 Å². The van der Waals surface area contributed by atoms with E-state index in [0.29, 0.717) is 35.3 Å². The summed E-state index contributed by atoms with van der Waals surface area (Å²) in [4.78, 5) is 56.9. The van der Waals surface area contributed by atoms with Crippen LogP contribution in [0.4, 0.5) is 19.7 Å². The molecule has 0 unspecified atom stereocenters. The second kappa shape index (κ2) is 14.5. The minimum atomic E-state index is -4.56. The highest BCUT2D eigenvalue weighted by atomic mass is 32.2. The molecule has 1 fully saturated rings. The first-order chi connectivity index (χ1) is 24.9. The van der Waals surface area contributed by atoms with Crippen molar-refractivity contribution >= 4 is 49.5 Å². The maximum atomic E-state index is 15.7. The molecule has 294 valence electrons. The molecule has 1 aliphatic carbocycles. The van der Waals surface area contributed by atoms with Gasteiger partial charge in [0.25, 0.3) is 15.6 Å². The van der Waals surface area contributed by atoms with Crippen LogP contribution in [0.3, 0.4) is 0 Å². The SMILES string of the molecule is CN(CCN(C)c1ccc(Cn2c(=O)n(Cc3cnn(C)c3)c(=O)c3cc(S(=O)(=O)N(C(=O)OC(C)(C)C)C4(C)CC4)sc32)cc1F)C(=O)OC(C)(C)C. The molecule has 0 saturated heterocycles. The molecule has 0 spiro atoms. The second-order valence-corrected chi connectivity index (χ2v) is 19.0. The van der Waals surface area contributed by atoms with E-state index in [4.69, 9.17) is 9.47 Å². The summed E-state index contributed by atoms with van der Waals surface area (Å²) in [6.45, 7) is 12.0. The number of carbonyl (C=O) groups is 2. The molecule has 3 heterocycles. The first-order valence-corrected chi connectivity index (χ1v) is 19.6. The van der Waals surface area contributed by atoms with Crippen LogP contribution in [-0.2, 0) is 39.6 Å². The van der Waals surface area contributed by atoms with E-state index in [2.05, 4.69) is 5.10 Å². The van der Waals surface area contributed by atoms with Crippen molar-refractivity contribution in [2.45, 2.75) is 95.3 Å². The van der Waals surface area contributed by atoms with Gasteiger partial charge in [0, 0.05) is 46.0 Å². The van der Waals surface area contributed by atoms with Gasteiger partial charge in [0.05, 0.1) is 35.9 Å². The van der Waals surface area contributed by atoms with E-state index in [-0.39, 0.29) is 46.3 Å². The second-order valence-electron chi connectivity index (χ2n) is 15.9. The molecular weight excluding hydrogens is 742 g/mol. The molecule has 3 aromatic heterocycles. The first kappa shape index (κ1) is 40.5. The van der Waals surface area contributed by atoms with Gasteiger partial charge in [-0.1, -0.05) is 6.07 Å². The van der Waals surface area contributed by atoms with Crippen LogP contribution >= 0.6 is 11.3 Å². The number of benzene rings is 1. The van der Waals surface area contributed by atoms with Crippen LogP contribution in [0, 0.1) is 5.82 Å². The van der Waals surface area contributed by atoms with Crippen molar-refractivity contribution in [1.29, 1.82) is 0 Å². The number of amides is 2. The number of nitrogens with zero attached hydrogens (tertiary/aromatic N) is 7. The Morgan fingerprint density at radius 2 is 1.56 bits per heavy atom. The number of sulfonamides is 1. The van der Waals surface area contributed by atoms with Gasteiger partial charge in [0.1, 0.15) is 26.1 Å². The highest BCUT2D eigenvalue weighted by Crippen LogP contribution is 2.46. The summed E-state index contributed by atoms with van der Waals surface area (Å²) in [6.07, 6.45) is 2.47. The molecule has 0 bridgehead atoms. The zero-order valence-corrected chi connectivity index (χ0v) is 33.9. The molecule has 15 nitrogen and oxygen atoms in total. The molecule has 0 aliphatic heterocycles. The number of aryl methyl sites for hydroxylation is 1. The fourth-order valence-electron chi connectivity index (χ4n) is 5.70. The number of thiophene rings is 1. The molecule has 0 radical (unpaired) electrons. The zero-order valence-electron chi connectivity index (χ0n) is 32.3. The van der Waals surface area contributed by atoms with E-state index >= 15 is 4.39 Å². The number of fused-ring (bicyclic) bond motifs is 1. The summed E-state index contributed by atoms with van der Waals surface area (Å²) in [7, 11) is 0.401. The summed E-state index contributed by atoms with van der Waals surface area (Å²) in [5.41, 5.74) is -2.96. The van der Waals surface area contributed by atoms with Gasteiger partial charge >= 0.3 is 17.9 Å². The van der Waals surface area contributed by atoms with Crippen LogP contribution in [-0.4, -0.2) is 92.6 Å². The van der Waals surface area contributed by atoms with Crippen LogP contribution in [0.15, 0.2) is 50.5 Å². The van der Waals surface area contributed by atoms with Crippen LogP contribution in [0.2, 0.25) is 0 Å². The van der Waals surface area contributed by atoms with Crippen LogP contribution in [0.5, 0.6) is 0 Å². The highest BCUT2D eigenvalue weighted by molar-refractivity contribution is 7.92. The van der Waals surface area contributed by atoms with Crippen LogP contribution in [0.1, 0.15) is 72.4 Å². The molecule has 18 heteroatoms. The summed E-state index contributed by atoms with van der Waals surface area (Å²) >= 11 is 0.684. The maximum Gasteiger partial charge on any atom is 0.424 e. The maximum absolute atomic E-state index is 15.7. The largest absolute Gasteiger partial charge is 0.444 e. The monoisotopic (exact) mass is 789 g/mol. The lowest BCUT2D eigenvalue weighted by Crippen LogP contribution is -2.47. The van der Waals surface area contributed by atoms with Gasteiger partial charge in [-0.2, -0.15) is 17.8 Å². The van der Waals surface area contributed by atoms with Gasteiger partial charge in [-0.15, -0.1) is 11.3 Å². The number of aromatic nitrogens is 4. The molecule has 0 atom stereocenters. The van der Waals surface area contributed by atoms with Crippen molar-refractivity contribution in [2.24, 2.45) is 7.05 Å². The number of halogens is 1. The lowest BCUT2D eigenvalue weighted by atomic mass is 10.1. The fourth-order valence-corrected chi connectivity index (χ4v) is 8.90. The third-order valence-corrected chi connectivity index (χ3v) is 12.3. The van der Waals surface area contributed by atoms with Gasteiger partial charge in [-0.05, 0) is 85.1 Å². The predicted octanol–water partition coefficient (Wildman–Crippen LogP) is 4.98. The van der Waals surface area contributed by atoms with E-state index in [1.54, 1.807) is 92.8 Å².